The molecule has 2 fully saturated rings. The molecule has 0 bridgehead atoms. The van der Waals surface area contributed by atoms with Gasteiger partial charge in [-0.3, -0.25) is 0 Å². The molecule has 3 nitrogen and oxygen atoms in total. The quantitative estimate of drug-likeness (QED) is 0.926. The highest BCUT2D eigenvalue weighted by molar-refractivity contribution is 5.42. The van der Waals surface area contributed by atoms with Crippen molar-refractivity contribution in [2.75, 3.05) is 24.5 Å². The summed E-state index contributed by atoms with van der Waals surface area (Å²) in [6, 6.07) is 2.67. The first-order valence-electron chi connectivity index (χ1n) is 7.54. The number of hydrogen-bond donors (Lipinski definition) is 1. The number of rotatable bonds is 4. The largest absolute Gasteiger partial charge is 0.416 e. The topological polar surface area (TPSA) is 28.2 Å². The Hall–Kier alpha value is -1.30. The van der Waals surface area contributed by atoms with Gasteiger partial charge in [0, 0.05) is 25.3 Å². The smallest absolute Gasteiger partial charge is 0.356 e. The highest BCUT2D eigenvalue weighted by Gasteiger charge is 2.31. The van der Waals surface area contributed by atoms with E-state index in [-0.39, 0.29) is 0 Å². The molecule has 1 aromatic heterocycles. The van der Waals surface area contributed by atoms with Gasteiger partial charge in [-0.1, -0.05) is 0 Å². The van der Waals surface area contributed by atoms with Gasteiger partial charge in [0.05, 0.1) is 5.56 Å². The molecule has 0 amide bonds. The number of alkyl halides is 3. The van der Waals surface area contributed by atoms with E-state index in [0.717, 1.165) is 50.5 Å². The molecule has 2 heterocycles. The Bertz CT molecular complexity index is 477. The first-order valence-corrected chi connectivity index (χ1v) is 7.54. The lowest BCUT2D eigenvalue weighted by Gasteiger charge is -2.33. The zero-order chi connectivity index (χ0) is 14.9. The third kappa shape index (κ3) is 3.87. The first kappa shape index (κ1) is 14.6. The number of halogens is 3. The van der Waals surface area contributed by atoms with E-state index in [0.29, 0.717) is 11.9 Å². The van der Waals surface area contributed by atoms with Crippen molar-refractivity contribution in [2.24, 2.45) is 5.92 Å². The Morgan fingerprint density at radius 2 is 1.90 bits per heavy atom. The second-order valence-electron chi connectivity index (χ2n) is 6.01. The number of anilines is 1. The van der Waals surface area contributed by atoms with Crippen LogP contribution in [0.25, 0.3) is 0 Å². The Morgan fingerprint density at radius 1 is 1.19 bits per heavy atom. The summed E-state index contributed by atoms with van der Waals surface area (Å²) in [5, 5.41) is 3.56. The zero-order valence-electron chi connectivity index (χ0n) is 11.9. The van der Waals surface area contributed by atoms with Crippen LogP contribution in [-0.2, 0) is 6.18 Å². The van der Waals surface area contributed by atoms with Crippen molar-refractivity contribution in [3.63, 3.8) is 0 Å². The molecule has 0 aromatic carbocycles. The summed E-state index contributed by atoms with van der Waals surface area (Å²) in [7, 11) is 0. The molecule has 1 aromatic rings. The van der Waals surface area contributed by atoms with E-state index in [9.17, 15) is 13.2 Å². The Kier molecular flexibility index (Phi) is 4.06. The first-order chi connectivity index (χ1) is 10.0. The number of hydrogen-bond acceptors (Lipinski definition) is 3. The van der Waals surface area contributed by atoms with E-state index in [4.69, 9.17) is 0 Å². The van der Waals surface area contributed by atoms with Gasteiger partial charge in [0.2, 0.25) is 0 Å². The van der Waals surface area contributed by atoms with Crippen molar-refractivity contribution < 1.29 is 13.2 Å². The van der Waals surface area contributed by atoms with E-state index in [2.05, 4.69) is 10.3 Å². The molecular formula is C15H20F3N3. The van der Waals surface area contributed by atoms with Gasteiger partial charge in [0.25, 0.3) is 0 Å². The molecule has 1 N–H and O–H groups in total. The normalized spacial score (nSPS) is 20.8. The molecule has 1 aliphatic carbocycles. The molecule has 0 spiro atoms. The molecule has 116 valence electrons. The predicted molar refractivity (Wildman–Crippen MR) is 75.2 cm³/mol. The van der Waals surface area contributed by atoms with Crippen LogP contribution in [0.5, 0.6) is 0 Å². The number of nitrogens with zero attached hydrogens (tertiary/aromatic N) is 2. The lowest BCUT2D eigenvalue weighted by molar-refractivity contribution is -0.137. The van der Waals surface area contributed by atoms with Crippen LogP contribution < -0.4 is 10.2 Å². The summed E-state index contributed by atoms with van der Waals surface area (Å²) in [6.07, 6.45) is 1.53. The van der Waals surface area contributed by atoms with Gasteiger partial charge < -0.3 is 10.2 Å². The highest BCUT2D eigenvalue weighted by Crippen LogP contribution is 2.31. The maximum absolute atomic E-state index is 12.7. The van der Waals surface area contributed by atoms with Gasteiger partial charge in [0.15, 0.2) is 0 Å². The van der Waals surface area contributed by atoms with Crippen molar-refractivity contribution in [3.05, 3.63) is 23.9 Å². The second kappa shape index (κ2) is 5.83. The van der Waals surface area contributed by atoms with Crippen LogP contribution >= 0.6 is 0 Å². The molecule has 1 saturated carbocycles. The SMILES string of the molecule is FC(F)(F)c1ccnc(N2CCC(NCC3CC3)CC2)c1. The van der Waals surface area contributed by atoms with Gasteiger partial charge >= 0.3 is 6.18 Å². The molecule has 3 rings (SSSR count). The minimum atomic E-state index is -4.30. The average Bonchev–Trinajstić information content (AvgIpc) is 3.29. The maximum Gasteiger partial charge on any atom is 0.416 e. The van der Waals surface area contributed by atoms with Crippen molar-refractivity contribution in [2.45, 2.75) is 37.9 Å². The second-order valence-corrected chi connectivity index (χ2v) is 6.01. The van der Waals surface area contributed by atoms with Crippen molar-refractivity contribution in [1.82, 2.24) is 10.3 Å². The molecule has 6 heteroatoms. The Labute approximate surface area is 122 Å². The lowest BCUT2D eigenvalue weighted by atomic mass is 10.0. The summed E-state index contributed by atoms with van der Waals surface area (Å²) < 4.78 is 38.2. The van der Waals surface area contributed by atoms with Crippen molar-refractivity contribution in [3.8, 4) is 0 Å². The molecule has 1 aliphatic heterocycles. The van der Waals surface area contributed by atoms with E-state index in [1.807, 2.05) is 4.90 Å². The number of pyridine rings is 1. The highest BCUT2D eigenvalue weighted by atomic mass is 19.4. The maximum atomic E-state index is 12.7. The number of nitrogens with one attached hydrogen (secondary N) is 1. The van der Waals surface area contributed by atoms with Crippen LogP contribution in [0.4, 0.5) is 19.0 Å². The Morgan fingerprint density at radius 3 is 2.52 bits per heavy atom. The van der Waals surface area contributed by atoms with Crippen LogP contribution in [0.1, 0.15) is 31.2 Å². The monoisotopic (exact) mass is 299 g/mol. The van der Waals surface area contributed by atoms with Crippen LogP contribution in [0.3, 0.4) is 0 Å². The zero-order valence-corrected chi connectivity index (χ0v) is 11.9. The number of aromatic nitrogens is 1. The van der Waals surface area contributed by atoms with Gasteiger partial charge in [-0.15, -0.1) is 0 Å². The predicted octanol–water partition coefficient (Wildman–Crippen LogP) is 3.07. The fourth-order valence-electron chi connectivity index (χ4n) is 2.74. The Balaban J connectivity index is 1.56. The molecule has 1 saturated heterocycles. The van der Waals surface area contributed by atoms with Crippen LogP contribution in [0.15, 0.2) is 18.3 Å². The molecule has 0 atom stereocenters. The minimum absolute atomic E-state index is 0.436. The van der Waals surface area contributed by atoms with Crippen LogP contribution in [0.2, 0.25) is 0 Å². The molecule has 21 heavy (non-hydrogen) atoms. The van der Waals surface area contributed by atoms with Gasteiger partial charge in [-0.05, 0) is 50.3 Å². The van der Waals surface area contributed by atoms with Gasteiger partial charge in [0.1, 0.15) is 5.82 Å². The number of piperidine rings is 1. The third-order valence-corrected chi connectivity index (χ3v) is 4.28. The fourth-order valence-corrected chi connectivity index (χ4v) is 2.74. The van der Waals surface area contributed by atoms with Crippen molar-refractivity contribution >= 4 is 5.82 Å². The van der Waals surface area contributed by atoms with E-state index >= 15 is 0 Å². The van der Waals surface area contributed by atoms with Crippen molar-refractivity contribution in [1.29, 1.82) is 0 Å². The van der Waals surface area contributed by atoms with E-state index < -0.39 is 11.7 Å². The standard InChI is InChI=1S/C15H20F3N3/c16-15(17,18)12-3-6-19-14(9-12)21-7-4-13(5-8-21)20-10-11-1-2-11/h3,6,9,11,13,20H,1-2,4-5,7-8,10H2. The summed E-state index contributed by atoms with van der Waals surface area (Å²) in [6.45, 7) is 2.61. The summed E-state index contributed by atoms with van der Waals surface area (Å²) in [5.41, 5.74) is -0.624. The van der Waals surface area contributed by atoms with E-state index in [1.54, 1.807) is 0 Å². The molecule has 0 radical (unpaired) electrons. The lowest BCUT2D eigenvalue weighted by Crippen LogP contribution is -2.43. The summed E-state index contributed by atoms with van der Waals surface area (Å²) in [4.78, 5) is 6.04. The van der Waals surface area contributed by atoms with Gasteiger partial charge in [-0.25, -0.2) is 4.98 Å². The molecule has 0 unspecified atom stereocenters. The third-order valence-electron chi connectivity index (χ3n) is 4.28. The average molecular weight is 299 g/mol. The van der Waals surface area contributed by atoms with Crippen LogP contribution in [-0.4, -0.2) is 30.7 Å². The molecular weight excluding hydrogens is 279 g/mol. The minimum Gasteiger partial charge on any atom is -0.356 e. The van der Waals surface area contributed by atoms with Gasteiger partial charge in [-0.2, -0.15) is 13.2 Å². The fraction of sp³-hybridized carbons (Fsp3) is 0.667. The summed E-state index contributed by atoms with van der Waals surface area (Å²) in [5.74, 6) is 1.29. The van der Waals surface area contributed by atoms with E-state index in [1.165, 1.54) is 19.0 Å². The molecule has 2 aliphatic rings. The van der Waals surface area contributed by atoms with Crippen LogP contribution in [0, 0.1) is 5.92 Å². The summed E-state index contributed by atoms with van der Waals surface area (Å²) >= 11 is 0.